The number of aromatic amines is 1. The number of aromatic nitrogens is 4. The third-order valence-corrected chi connectivity index (χ3v) is 5.00. The molecule has 1 saturated carbocycles. The molecule has 28 heavy (non-hydrogen) atoms. The van der Waals surface area contributed by atoms with Gasteiger partial charge in [-0.15, -0.1) is 0 Å². The third kappa shape index (κ3) is 3.83. The van der Waals surface area contributed by atoms with Crippen LogP contribution in [0.3, 0.4) is 0 Å². The summed E-state index contributed by atoms with van der Waals surface area (Å²) in [7, 11) is 0. The molecule has 3 N–H and O–H groups in total. The van der Waals surface area contributed by atoms with Crippen LogP contribution in [0.4, 0.5) is 11.5 Å². The lowest BCUT2D eigenvalue weighted by molar-refractivity contribution is -0.117. The molecular weight excluding hydrogens is 403 g/mol. The molecule has 0 radical (unpaired) electrons. The van der Waals surface area contributed by atoms with Crippen molar-refractivity contribution in [3.8, 4) is 0 Å². The fourth-order valence-corrected chi connectivity index (χ4v) is 3.45. The van der Waals surface area contributed by atoms with Gasteiger partial charge in [0.15, 0.2) is 0 Å². The van der Waals surface area contributed by atoms with Crippen molar-refractivity contribution in [2.45, 2.75) is 12.3 Å². The Morgan fingerprint density at radius 3 is 2.61 bits per heavy atom. The molecule has 0 bridgehead atoms. The van der Waals surface area contributed by atoms with E-state index in [-0.39, 0.29) is 33.4 Å². The highest BCUT2D eigenvalue weighted by Crippen LogP contribution is 2.46. The maximum atomic E-state index is 12.5. The van der Waals surface area contributed by atoms with Crippen molar-refractivity contribution in [2.24, 2.45) is 5.92 Å². The zero-order valence-corrected chi connectivity index (χ0v) is 15.8. The number of carbonyl (C=O) groups is 2. The molecule has 8 nitrogen and oxygen atoms in total. The number of nitrogens with one attached hydrogen (secondary N) is 3. The minimum absolute atomic E-state index is 0.0350. The number of benzene rings is 1. The molecule has 1 fully saturated rings. The second-order valence-electron chi connectivity index (χ2n) is 6.29. The van der Waals surface area contributed by atoms with E-state index in [9.17, 15) is 9.59 Å². The SMILES string of the molecule is O=C(Nc1ccnc(NC(=O)C2CC2c2ncn[nH]2)c1)c1c(Cl)cccc1Cl. The molecule has 142 valence electrons. The summed E-state index contributed by atoms with van der Waals surface area (Å²) in [4.78, 5) is 33.1. The number of hydrogen-bond donors (Lipinski definition) is 3. The van der Waals surface area contributed by atoms with Crippen LogP contribution in [0.15, 0.2) is 42.9 Å². The zero-order valence-electron chi connectivity index (χ0n) is 14.3. The predicted molar refractivity (Wildman–Crippen MR) is 105 cm³/mol. The summed E-state index contributed by atoms with van der Waals surface area (Å²) in [5.74, 6) is 0.267. The van der Waals surface area contributed by atoms with Gasteiger partial charge in [0.25, 0.3) is 5.91 Å². The van der Waals surface area contributed by atoms with Crippen LogP contribution >= 0.6 is 23.2 Å². The molecule has 4 rings (SSSR count). The first kappa shape index (κ1) is 18.4. The van der Waals surface area contributed by atoms with E-state index in [0.717, 1.165) is 0 Å². The molecule has 2 atom stereocenters. The number of nitrogens with zero attached hydrogens (tertiary/aromatic N) is 3. The standard InChI is InChI=1S/C18H14Cl2N6O2/c19-12-2-1-3-13(20)15(12)18(28)24-9-4-5-21-14(6-9)25-17(27)11-7-10(11)16-22-8-23-26-16/h1-6,8,10-11H,7H2,(H,22,23,26)(H2,21,24,25,27,28). The number of halogens is 2. The smallest absolute Gasteiger partial charge is 0.258 e. The van der Waals surface area contributed by atoms with Crippen molar-refractivity contribution in [3.05, 3.63) is 64.3 Å². The number of anilines is 2. The van der Waals surface area contributed by atoms with Gasteiger partial charge in [0.1, 0.15) is 18.0 Å². The summed E-state index contributed by atoms with van der Waals surface area (Å²) in [5.41, 5.74) is 0.634. The monoisotopic (exact) mass is 416 g/mol. The Hall–Kier alpha value is -2.97. The minimum Gasteiger partial charge on any atom is -0.322 e. The normalized spacial score (nSPS) is 17.8. The van der Waals surface area contributed by atoms with E-state index in [1.54, 1.807) is 30.3 Å². The average Bonchev–Trinajstić information content (AvgIpc) is 3.27. The quantitative estimate of drug-likeness (QED) is 0.588. The summed E-state index contributed by atoms with van der Waals surface area (Å²) < 4.78 is 0. The van der Waals surface area contributed by atoms with Gasteiger partial charge in [0.2, 0.25) is 5.91 Å². The molecule has 0 saturated heterocycles. The number of H-pyrrole nitrogens is 1. The Kier molecular flexibility index (Phi) is 4.97. The number of pyridine rings is 1. The van der Waals surface area contributed by atoms with Gasteiger partial charge in [-0.2, -0.15) is 5.10 Å². The molecule has 10 heteroatoms. The lowest BCUT2D eigenvalue weighted by Crippen LogP contribution is -2.17. The highest BCUT2D eigenvalue weighted by atomic mass is 35.5. The van der Waals surface area contributed by atoms with Crippen LogP contribution in [0.1, 0.15) is 28.5 Å². The molecule has 1 aliphatic rings. The number of amides is 2. The largest absolute Gasteiger partial charge is 0.322 e. The highest BCUT2D eigenvalue weighted by Gasteiger charge is 2.46. The molecule has 2 amide bonds. The molecule has 3 aromatic rings. The van der Waals surface area contributed by atoms with E-state index >= 15 is 0 Å². The van der Waals surface area contributed by atoms with E-state index in [2.05, 4.69) is 30.8 Å². The van der Waals surface area contributed by atoms with Crippen LogP contribution in [0, 0.1) is 5.92 Å². The summed E-state index contributed by atoms with van der Waals surface area (Å²) in [6.07, 6.45) is 3.60. The van der Waals surface area contributed by atoms with Gasteiger partial charge in [-0.05, 0) is 24.6 Å². The molecule has 2 unspecified atom stereocenters. The molecule has 0 spiro atoms. The fraction of sp³-hybridized carbons (Fsp3) is 0.167. The van der Waals surface area contributed by atoms with Crippen LogP contribution in [0.2, 0.25) is 10.0 Å². The summed E-state index contributed by atoms with van der Waals surface area (Å²) in [6.45, 7) is 0. The second kappa shape index (κ2) is 7.57. The number of hydrogen-bond acceptors (Lipinski definition) is 5. The molecule has 0 aliphatic heterocycles. The van der Waals surface area contributed by atoms with Gasteiger partial charge in [-0.1, -0.05) is 29.3 Å². The number of rotatable bonds is 5. The topological polar surface area (TPSA) is 113 Å². The van der Waals surface area contributed by atoms with Crippen molar-refractivity contribution < 1.29 is 9.59 Å². The first-order chi connectivity index (χ1) is 13.5. The third-order valence-electron chi connectivity index (χ3n) is 4.37. The lowest BCUT2D eigenvalue weighted by Gasteiger charge is -2.10. The predicted octanol–water partition coefficient (Wildman–Crippen LogP) is 3.50. The van der Waals surface area contributed by atoms with Crippen LogP contribution in [0.25, 0.3) is 0 Å². The van der Waals surface area contributed by atoms with E-state index in [0.29, 0.717) is 23.8 Å². The minimum atomic E-state index is -0.452. The van der Waals surface area contributed by atoms with E-state index in [4.69, 9.17) is 23.2 Å². The van der Waals surface area contributed by atoms with Gasteiger partial charge in [0.05, 0.1) is 15.6 Å². The van der Waals surface area contributed by atoms with E-state index in [1.165, 1.54) is 12.5 Å². The van der Waals surface area contributed by atoms with Gasteiger partial charge in [-0.25, -0.2) is 9.97 Å². The van der Waals surface area contributed by atoms with Gasteiger partial charge >= 0.3 is 0 Å². The average molecular weight is 417 g/mol. The maximum absolute atomic E-state index is 12.5. The number of carbonyl (C=O) groups excluding carboxylic acids is 2. The summed E-state index contributed by atoms with van der Waals surface area (Å²) in [6, 6.07) is 7.99. The van der Waals surface area contributed by atoms with Crippen LogP contribution in [0.5, 0.6) is 0 Å². The zero-order chi connectivity index (χ0) is 19.7. The highest BCUT2D eigenvalue weighted by molar-refractivity contribution is 6.40. The van der Waals surface area contributed by atoms with Crippen molar-refractivity contribution >= 4 is 46.5 Å². The van der Waals surface area contributed by atoms with E-state index in [1.807, 2.05) is 0 Å². The Morgan fingerprint density at radius 2 is 1.89 bits per heavy atom. The van der Waals surface area contributed by atoms with E-state index < -0.39 is 5.91 Å². The molecule has 1 aromatic carbocycles. The second-order valence-corrected chi connectivity index (χ2v) is 7.10. The first-order valence-electron chi connectivity index (χ1n) is 8.40. The van der Waals surface area contributed by atoms with Crippen LogP contribution < -0.4 is 10.6 Å². The molecule has 2 aromatic heterocycles. The molecule has 2 heterocycles. The molecule has 1 aliphatic carbocycles. The Morgan fingerprint density at radius 1 is 1.11 bits per heavy atom. The van der Waals surface area contributed by atoms with Crippen molar-refractivity contribution in [3.63, 3.8) is 0 Å². The van der Waals surface area contributed by atoms with Gasteiger partial charge in [0, 0.05) is 29.8 Å². The Bertz CT molecular complexity index is 1020. The fourth-order valence-electron chi connectivity index (χ4n) is 2.88. The van der Waals surface area contributed by atoms with Crippen molar-refractivity contribution in [1.29, 1.82) is 0 Å². The van der Waals surface area contributed by atoms with Crippen molar-refractivity contribution in [1.82, 2.24) is 20.2 Å². The van der Waals surface area contributed by atoms with Gasteiger partial charge < -0.3 is 10.6 Å². The maximum Gasteiger partial charge on any atom is 0.258 e. The van der Waals surface area contributed by atoms with Crippen molar-refractivity contribution in [2.75, 3.05) is 10.6 Å². The van der Waals surface area contributed by atoms with Crippen LogP contribution in [-0.2, 0) is 4.79 Å². The molecular formula is C18H14Cl2N6O2. The van der Waals surface area contributed by atoms with Gasteiger partial charge in [-0.3, -0.25) is 14.7 Å². The lowest BCUT2D eigenvalue weighted by atomic mass is 10.2. The Labute approximate surface area is 169 Å². The Balaban J connectivity index is 1.42. The summed E-state index contributed by atoms with van der Waals surface area (Å²) in [5, 5.41) is 12.5. The first-order valence-corrected chi connectivity index (χ1v) is 9.16. The van der Waals surface area contributed by atoms with Crippen LogP contribution in [-0.4, -0.2) is 32.0 Å². The summed E-state index contributed by atoms with van der Waals surface area (Å²) >= 11 is 12.1.